The summed E-state index contributed by atoms with van der Waals surface area (Å²) >= 11 is 3.50. The molecule has 0 aromatic heterocycles. The Kier molecular flexibility index (Phi) is 7.25. The summed E-state index contributed by atoms with van der Waals surface area (Å²) in [5, 5.41) is 2.82. The van der Waals surface area contributed by atoms with Crippen LogP contribution in [0.4, 0.5) is 11.4 Å². The van der Waals surface area contributed by atoms with Crippen LogP contribution in [0.25, 0.3) is 0 Å². The number of anilines is 1. The Morgan fingerprint density at radius 2 is 1.83 bits per heavy atom. The maximum atomic E-state index is 12.2. The predicted molar refractivity (Wildman–Crippen MR) is 124 cm³/mol. The minimum Gasteiger partial charge on any atom is -0.493 e. The highest BCUT2D eigenvalue weighted by Gasteiger charge is 2.13. The third kappa shape index (κ3) is 5.94. The van der Waals surface area contributed by atoms with E-state index < -0.39 is 0 Å². The van der Waals surface area contributed by atoms with Crippen LogP contribution < -0.4 is 14.8 Å². The van der Waals surface area contributed by atoms with Gasteiger partial charge in [-0.1, -0.05) is 29.8 Å². The van der Waals surface area contributed by atoms with Gasteiger partial charge in [0.1, 0.15) is 0 Å². The van der Waals surface area contributed by atoms with E-state index in [1.165, 1.54) is 5.56 Å². The molecule has 3 aromatic rings. The Balaban J connectivity index is 1.69. The normalized spacial score (nSPS) is 10.8. The summed E-state index contributed by atoms with van der Waals surface area (Å²) in [5.41, 5.74) is 4.70. The van der Waals surface area contributed by atoms with Crippen LogP contribution in [0.5, 0.6) is 11.5 Å². The zero-order chi connectivity index (χ0) is 21.5. The minimum atomic E-state index is -0.250. The first-order valence-corrected chi connectivity index (χ1v) is 10.2. The van der Waals surface area contributed by atoms with Crippen LogP contribution in [-0.2, 0) is 4.79 Å². The molecule has 0 saturated carbocycles. The first-order chi connectivity index (χ1) is 14.4. The second kappa shape index (κ2) is 10.1. The van der Waals surface area contributed by atoms with Crippen molar-refractivity contribution in [2.24, 2.45) is 4.99 Å². The smallest absolute Gasteiger partial charge is 0.262 e. The molecule has 154 valence electrons. The molecule has 1 amide bonds. The van der Waals surface area contributed by atoms with Crippen LogP contribution in [0.2, 0.25) is 0 Å². The van der Waals surface area contributed by atoms with Crippen molar-refractivity contribution in [1.29, 1.82) is 0 Å². The quantitative estimate of drug-likeness (QED) is 0.444. The third-order valence-electron chi connectivity index (χ3n) is 4.30. The number of methoxy groups -OCH3 is 1. The number of hydrogen-bond acceptors (Lipinski definition) is 4. The van der Waals surface area contributed by atoms with Gasteiger partial charge in [-0.3, -0.25) is 9.79 Å². The molecule has 0 spiro atoms. The number of aryl methyl sites for hydroxylation is 2. The van der Waals surface area contributed by atoms with Crippen molar-refractivity contribution >= 4 is 39.4 Å². The number of rotatable bonds is 7. The van der Waals surface area contributed by atoms with Gasteiger partial charge in [0, 0.05) is 11.9 Å². The SMILES string of the molecule is COc1cc(C=Nc2ccc(C)cc2)cc(Br)c1OCC(=O)Nc1cccc(C)c1. The lowest BCUT2D eigenvalue weighted by Crippen LogP contribution is -2.20. The number of nitrogens with zero attached hydrogens (tertiary/aromatic N) is 1. The Bertz CT molecular complexity index is 1060. The predicted octanol–water partition coefficient (Wildman–Crippen LogP) is 5.84. The molecule has 0 aliphatic carbocycles. The monoisotopic (exact) mass is 466 g/mol. The van der Waals surface area contributed by atoms with E-state index in [0.717, 1.165) is 22.5 Å². The van der Waals surface area contributed by atoms with Gasteiger partial charge in [0.25, 0.3) is 5.91 Å². The van der Waals surface area contributed by atoms with E-state index in [2.05, 4.69) is 26.2 Å². The molecule has 0 aliphatic heterocycles. The van der Waals surface area contributed by atoms with Crippen molar-refractivity contribution in [2.45, 2.75) is 13.8 Å². The molecule has 30 heavy (non-hydrogen) atoms. The van der Waals surface area contributed by atoms with E-state index in [1.54, 1.807) is 13.3 Å². The zero-order valence-corrected chi connectivity index (χ0v) is 18.7. The van der Waals surface area contributed by atoms with E-state index in [0.29, 0.717) is 16.0 Å². The molecule has 0 heterocycles. The number of ether oxygens (including phenoxy) is 2. The summed E-state index contributed by atoms with van der Waals surface area (Å²) in [4.78, 5) is 16.7. The fourth-order valence-corrected chi connectivity index (χ4v) is 3.37. The first kappa shape index (κ1) is 21.6. The van der Waals surface area contributed by atoms with E-state index in [4.69, 9.17) is 9.47 Å². The molecule has 0 aliphatic rings. The van der Waals surface area contributed by atoms with Crippen molar-refractivity contribution in [3.63, 3.8) is 0 Å². The molecule has 0 atom stereocenters. The highest BCUT2D eigenvalue weighted by atomic mass is 79.9. The van der Waals surface area contributed by atoms with Gasteiger partial charge >= 0.3 is 0 Å². The first-order valence-electron chi connectivity index (χ1n) is 9.42. The van der Waals surface area contributed by atoms with Gasteiger partial charge in [0.05, 0.1) is 17.3 Å². The van der Waals surface area contributed by atoms with Crippen molar-refractivity contribution in [3.05, 3.63) is 81.8 Å². The number of carbonyl (C=O) groups excluding carboxylic acids is 1. The van der Waals surface area contributed by atoms with Crippen LogP contribution in [-0.4, -0.2) is 25.8 Å². The van der Waals surface area contributed by atoms with Crippen LogP contribution in [0, 0.1) is 13.8 Å². The van der Waals surface area contributed by atoms with Crippen molar-refractivity contribution in [3.8, 4) is 11.5 Å². The maximum absolute atomic E-state index is 12.2. The van der Waals surface area contributed by atoms with Crippen LogP contribution in [0.1, 0.15) is 16.7 Å². The van der Waals surface area contributed by atoms with Gasteiger partial charge < -0.3 is 14.8 Å². The standard InChI is InChI=1S/C24H23BrN2O3/c1-16-7-9-19(10-8-16)26-14-18-12-21(25)24(22(13-18)29-3)30-15-23(28)27-20-6-4-5-17(2)11-20/h4-14H,15H2,1-3H3,(H,27,28). The average Bonchev–Trinajstić information content (AvgIpc) is 2.72. The van der Waals surface area contributed by atoms with Gasteiger partial charge in [-0.2, -0.15) is 0 Å². The van der Waals surface area contributed by atoms with Gasteiger partial charge in [-0.15, -0.1) is 0 Å². The zero-order valence-electron chi connectivity index (χ0n) is 17.1. The van der Waals surface area contributed by atoms with E-state index in [9.17, 15) is 4.79 Å². The minimum absolute atomic E-state index is 0.139. The van der Waals surface area contributed by atoms with Gasteiger partial charge in [0.15, 0.2) is 18.1 Å². The Labute approximate surface area is 184 Å². The van der Waals surface area contributed by atoms with Gasteiger partial charge in [0.2, 0.25) is 0 Å². The second-order valence-electron chi connectivity index (χ2n) is 6.83. The van der Waals surface area contributed by atoms with E-state index >= 15 is 0 Å². The summed E-state index contributed by atoms with van der Waals surface area (Å²) in [7, 11) is 1.56. The second-order valence-corrected chi connectivity index (χ2v) is 7.69. The number of carbonyl (C=O) groups is 1. The lowest BCUT2D eigenvalue weighted by Gasteiger charge is -2.13. The summed E-state index contributed by atoms with van der Waals surface area (Å²) in [5.74, 6) is 0.724. The number of hydrogen-bond donors (Lipinski definition) is 1. The van der Waals surface area contributed by atoms with Crippen LogP contribution in [0.15, 0.2) is 70.1 Å². The highest BCUT2D eigenvalue weighted by Crippen LogP contribution is 2.36. The van der Waals surface area contributed by atoms with E-state index in [-0.39, 0.29) is 12.5 Å². The molecule has 0 radical (unpaired) electrons. The van der Waals surface area contributed by atoms with Crippen LogP contribution >= 0.6 is 15.9 Å². The van der Waals surface area contributed by atoms with Gasteiger partial charge in [-0.05, 0) is 77.3 Å². The fourth-order valence-electron chi connectivity index (χ4n) is 2.79. The molecule has 0 unspecified atom stereocenters. The molecule has 3 aromatic carbocycles. The molecule has 5 nitrogen and oxygen atoms in total. The van der Waals surface area contributed by atoms with E-state index in [1.807, 2.05) is 74.5 Å². The number of amides is 1. The molecule has 0 saturated heterocycles. The third-order valence-corrected chi connectivity index (χ3v) is 4.89. The van der Waals surface area contributed by atoms with Gasteiger partial charge in [-0.25, -0.2) is 0 Å². The maximum Gasteiger partial charge on any atom is 0.262 e. The Morgan fingerprint density at radius 1 is 1.07 bits per heavy atom. The lowest BCUT2D eigenvalue weighted by atomic mass is 10.2. The Morgan fingerprint density at radius 3 is 2.53 bits per heavy atom. The summed E-state index contributed by atoms with van der Waals surface area (Å²) in [6.07, 6.45) is 1.76. The number of halogens is 1. The topological polar surface area (TPSA) is 59.9 Å². The number of aliphatic imine (C=N–C) groups is 1. The molecule has 1 N–H and O–H groups in total. The molecular formula is C24H23BrN2O3. The summed E-state index contributed by atoms with van der Waals surface area (Å²) in [6.45, 7) is 3.87. The molecular weight excluding hydrogens is 444 g/mol. The number of nitrogens with one attached hydrogen (secondary N) is 1. The molecule has 6 heteroatoms. The largest absolute Gasteiger partial charge is 0.493 e. The molecule has 3 rings (SSSR count). The molecule has 0 bridgehead atoms. The molecule has 0 fully saturated rings. The van der Waals surface area contributed by atoms with Crippen molar-refractivity contribution in [2.75, 3.05) is 19.0 Å². The fraction of sp³-hybridized carbons (Fsp3) is 0.167. The highest BCUT2D eigenvalue weighted by molar-refractivity contribution is 9.10. The van der Waals surface area contributed by atoms with Crippen molar-refractivity contribution < 1.29 is 14.3 Å². The van der Waals surface area contributed by atoms with Crippen molar-refractivity contribution in [1.82, 2.24) is 0 Å². The summed E-state index contributed by atoms with van der Waals surface area (Å²) in [6, 6.07) is 19.2. The average molecular weight is 467 g/mol. The Hall–Kier alpha value is -3.12. The van der Waals surface area contributed by atoms with Crippen LogP contribution in [0.3, 0.4) is 0 Å². The summed E-state index contributed by atoms with van der Waals surface area (Å²) < 4.78 is 11.9. The lowest BCUT2D eigenvalue weighted by molar-refractivity contribution is -0.118. The number of benzene rings is 3.